The monoisotopic (exact) mass is 487 g/mol. The Balaban J connectivity index is 1.50. The lowest BCUT2D eigenvalue weighted by Gasteiger charge is -2.10. The molecule has 0 aliphatic heterocycles. The number of ether oxygens (including phenoxy) is 2. The maximum Gasteiger partial charge on any atom is 0.343 e. The molecular formula is C26H21N3O5S. The highest BCUT2D eigenvalue weighted by molar-refractivity contribution is 7.22. The van der Waals surface area contributed by atoms with Crippen LogP contribution in [0, 0.1) is 0 Å². The maximum absolute atomic E-state index is 12.7. The van der Waals surface area contributed by atoms with Crippen molar-refractivity contribution in [3.63, 3.8) is 0 Å². The van der Waals surface area contributed by atoms with Crippen LogP contribution in [-0.2, 0) is 11.2 Å². The number of carbonyl (C=O) groups excluding carboxylic acids is 2. The van der Waals surface area contributed by atoms with Gasteiger partial charge in [-0.15, -0.1) is 0 Å². The Hall–Kier alpha value is -4.34. The highest BCUT2D eigenvalue weighted by atomic mass is 32.1. The van der Waals surface area contributed by atoms with Crippen LogP contribution in [0.1, 0.15) is 21.5 Å². The number of rotatable bonds is 9. The molecule has 9 heteroatoms. The second-order valence-corrected chi connectivity index (χ2v) is 8.27. The summed E-state index contributed by atoms with van der Waals surface area (Å²) in [7, 11) is 0. The van der Waals surface area contributed by atoms with E-state index in [9.17, 15) is 14.7 Å². The van der Waals surface area contributed by atoms with E-state index in [1.807, 2.05) is 24.3 Å². The molecule has 0 saturated heterocycles. The first-order chi connectivity index (χ1) is 17.1. The van der Waals surface area contributed by atoms with Crippen molar-refractivity contribution in [3.8, 4) is 11.5 Å². The van der Waals surface area contributed by atoms with E-state index >= 15 is 0 Å². The number of aliphatic hydroxyl groups is 1. The molecular weight excluding hydrogens is 466 g/mol. The first-order valence-corrected chi connectivity index (χ1v) is 11.4. The van der Waals surface area contributed by atoms with E-state index in [0.717, 1.165) is 21.9 Å². The molecule has 0 aliphatic rings. The summed E-state index contributed by atoms with van der Waals surface area (Å²) in [6.45, 7) is 3.33. The molecule has 0 radical (unpaired) electrons. The van der Waals surface area contributed by atoms with E-state index in [1.54, 1.807) is 18.2 Å². The molecule has 3 aromatic carbocycles. The van der Waals surface area contributed by atoms with Gasteiger partial charge in [0.05, 0.1) is 22.0 Å². The molecule has 1 heterocycles. The van der Waals surface area contributed by atoms with Gasteiger partial charge in [0, 0.05) is 18.2 Å². The summed E-state index contributed by atoms with van der Waals surface area (Å²) in [6.07, 6.45) is 3.04. The van der Waals surface area contributed by atoms with Gasteiger partial charge >= 0.3 is 11.9 Å². The number of para-hydroxylation sites is 1. The minimum Gasteiger partial charge on any atom is -0.423 e. The number of nitrogens with one attached hydrogen (secondary N) is 1. The van der Waals surface area contributed by atoms with Crippen molar-refractivity contribution in [2.75, 3.05) is 12.0 Å². The number of nitrogens with zero attached hydrogens (tertiary/aromatic N) is 2. The van der Waals surface area contributed by atoms with E-state index in [4.69, 9.17) is 9.47 Å². The number of benzene rings is 3. The Kier molecular flexibility index (Phi) is 7.61. The Morgan fingerprint density at radius 3 is 2.63 bits per heavy atom. The zero-order valence-electron chi connectivity index (χ0n) is 18.5. The molecule has 4 aromatic rings. The van der Waals surface area contributed by atoms with Crippen LogP contribution < -0.4 is 14.9 Å². The number of hydrazone groups is 1. The largest absolute Gasteiger partial charge is 0.423 e. The number of fused-ring (bicyclic) bond motifs is 1. The van der Waals surface area contributed by atoms with Crippen LogP contribution in [0.2, 0.25) is 0 Å². The van der Waals surface area contributed by atoms with E-state index in [-0.39, 0.29) is 17.9 Å². The van der Waals surface area contributed by atoms with Crippen molar-refractivity contribution >= 4 is 44.8 Å². The number of anilines is 1. The quantitative estimate of drug-likeness (QED) is 0.117. The van der Waals surface area contributed by atoms with Gasteiger partial charge in [0.15, 0.2) is 0 Å². The molecule has 35 heavy (non-hydrogen) atoms. The van der Waals surface area contributed by atoms with E-state index in [0.29, 0.717) is 22.9 Å². The summed E-state index contributed by atoms with van der Waals surface area (Å²) in [5, 5.41) is 14.2. The predicted molar refractivity (Wildman–Crippen MR) is 135 cm³/mol. The summed E-state index contributed by atoms with van der Waals surface area (Å²) < 4.78 is 11.7. The van der Waals surface area contributed by atoms with Gasteiger partial charge in [-0.1, -0.05) is 36.1 Å². The summed E-state index contributed by atoms with van der Waals surface area (Å²) in [4.78, 5) is 28.5. The molecule has 0 bridgehead atoms. The van der Waals surface area contributed by atoms with Crippen LogP contribution in [0.4, 0.5) is 5.13 Å². The third kappa shape index (κ3) is 6.17. The van der Waals surface area contributed by atoms with Crippen LogP contribution in [-0.4, -0.2) is 34.9 Å². The van der Waals surface area contributed by atoms with Crippen molar-refractivity contribution in [1.82, 2.24) is 4.98 Å². The van der Waals surface area contributed by atoms with Crippen LogP contribution in [0.15, 0.2) is 84.5 Å². The molecule has 0 atom stereocenters. The summed E-state index contributed by atoms with van der Waals surface area (Å²) >= 11 is 1.47. The number of aromatic nitrogens is 1. The van der Waals surface area contributed by atoms with Gasteiger partial charge in [0.1, 0.15) is 11.5 Å². The van der Waals surface area contributed by atoms with Gasteiger partial charge in [-0.05, 0) is 60.5 Å². The summed E-state index contributed by atoms with van der Waals surface area (Å²) in [5.74, 6) is -0.593. The van der Waals surface area contributed by atoms with Crippen LogP contribution in [0.3, 0.4) is 0 Å². The number of hydrogen-bond acceptors (Lipinski definition) is 9. The number of hydrogen-bond donors (Lipinski definition) is 2. The Bertz CT molecular complexity index is 1360. The van der Waals surface area contributed by atoms with Gasteiger partial charge in [-0.3, -0.25) is 5.43 Å². The Morgan fingerprint density at radius 1 is 1.09 bits per heavy atom. The normalized spacial score (nSPS) is 10.9. The molecule has 176 valence electrons. The van der Waals surface area contributed by atoms with Crippen molar-refractivity contribution < 1.29 is 24.2 Å². The van der Waals surface area contributed by atoms with Gasteiger partial charge in [0.2, 0.25) is 5.13 Å². The minimum atomic E-state index is -0.591. The van der Waals surface area contributed by atoms with Gasteiger partial charge < -0.3 is 14.6 Å². The third-order valence-electron chi connectivity index (χ3n) is 4.81. The van der Waals surface area contributed by atoms with Crippen LogP contribution in [0.5, 0.6) is 11.5 Å². The zero-order valence-corrected chi connectivity index (χ0v) is 19.3. The van der Waals surface area contributed by atoms with Crippen LogP contribution in [0.25, 0.3) is 10.2 Å². The zero-order chi connectivity index (χ0) is 24.6. The Labute approximate surface area is 205 Å². The molecule has 0 saturated carbocycles. The van der Waals surface area contributed by atoms with E-state index in [2.05, 4.69) is 22.1 Å². The first-order valence-electron chi connectivity index (χ1n) is 10.6. The lowest BCUT2D eigenvalue weighted by Crippen LogP contribution is -2.10. The number of carbonyl (C=O) groups is 2. The molecule has 2 N–H and O–H groups in total. The fraction of sp³-hybridized carbons (Fsp3) is 0.0769. The standard InChI is InChI=1S/C26H21N3O5S/c1-2-24(31)33-20-10-8-18(9-11-20)25(32)34-22-12-7-17(13-14-30)15-19(22)16-27-29-26-28-21-5-3-4-6-23(21)35-26/h2-12,15-16,30H,1,13-14H2,(H,28,29)/b27-16+. The fourth-order valence-electron chi connectivity index (χ4n) is 3.13. The molecule has 1 aromatic heterocycles. The smallest absolute Gasteiger partial charge is 0.343 e. The SMILES string of the molecule is C=CC(=O)Oc1ccc(C(=O)Oc2ccc(CCO)cc2/C=N/Nc2nc3ccccc3s2)cc1. The second kappa shape index (κ2) is 11.2. The fourth-order valence-corrected chi connectivity index (χ4v) is 3.94. The second-order valence-electron chi connectivity index (χ2n) is 7.24. The lowest BCUT2D eigenvalue weighted by atomic mass is 10.1. The molecule has 0 aliphatic carbocycles. The van der Waals surface area contributed by atoms with Gasteiger partial charge in [0.25, 0.3) is 0 Å². The third-order valence-corrected chi connectivity index (χ3v) is 5.75. The minimum absolute atomic E-state index is 0.0115. The summed E-state index contributed by atoms with van der Waals surface area (Å²) in [6, 6.07) is 19.0. The average Bonchev–Trinajstić information content (AvgIpc) is 3.29. The van der Waals surface area contributed by atoms with E-state index < -0.39 is 11.9 Å². The van der Waals surface area contributed by atoms with Gasteiger partial charge in [-0.2, -0.15) is 5.10 Å². The average molecular weight is 488 g/mol. The molecule has 0 fully saturated rings. The predicted octanol–water partition coefficient (Wildman–Crippen LogP) is 4.59. The molecule has 0 unspecified atom stereocenters. The Morgan fingerprint density at radius 2 is 1.89 bits per heavy atom. The van der Waals surface area contributed by atoms with Crippen molar-refractivity contribution in [1.29, 1.82) is 0 Å². The number of thiazole rings is 1. The highest BCUT2D eigenvalue weighted by Gasteiger charge is 2.13. The van der Waals surface area contributed by atoms with Crippen molar-refractivity contribution in [2.24, 2.45) is 5.10 Å². The molecule has 0 spiro atoms. The number of esters is 2. The highest BCUT2D eigenvalue weighted by Crippen LogP contribution is 2.26. The molecule has 0 amide bonds. The van der Waals surface area contributed by atoms with Gasteiger partial charge in [-0.25, -0.2) is 14.6 Å². The topological polar surface area (TPSA) is 110 Å². The molecule has 8 nitrogen and oxygen atoms in total. The first kappa shape index (κ1) is 23.8. The number of aliphatic hydroxyl groups excluding tert-OH is 1. The van der Waals surface area contributed by atoms with Crippen LogP contribution >= 0.6 is 11.3 Å². The van der Waals surface area contributed by atoms with E-state index in [1.165, 1.54) is 41.8 Å². The lowest BCUT2D eigenvalue weighted by molar-refractivity contribution is -0.128. The molecule has 4 rings (SSSR count). The maximum atomic E-state index is 12.7. The van der Waals surface area contributed by atoms with Crippen molar-refractivity contribution in [3.05, 3.63) is 96.1 Å². The van der Waals surface area contributed by atoms with Crippen molar-refractivity contribution in [2.45, 2.75) is 6.42 Å². The summed E-state index contributed by atoms with van der Waals surface area (Å²) in [5.41, 5.74) is 5.48.